The number of guanidine groups is 1. The van der Waals surface area contributed by atoms with Crippen LogP contribution in [0.1, 0.15) is 46.0 Å². The lowest BCUT2D eigenvalue weighted by molar-refractivity contribution is 0.0487. The molecular weight excluding hydrogens is 381 g/mol. The van der Waals surface area contributed by atoms with Gasteiger partial charge in [-0.3, -0.25) is 4.99 Å². The number of hydrogen-bond acceptors (Lipinski definition) is 3. The number of aliphatic imine (C=N–C) groups is 1. The van der Waals surface area contributed by atoms with Crippen molar-refractivity contribution in [3.05, 3.63) is 0 Å². The highest BCUT2D eigenvalue weighted by molar-refractivity contribution is 14.0. The van der Waals surface area contributed by atoms with E-state index < -0.39 is 0 Å². The summed E-state index contributed by atoms with van der Waals surface area (Å²) in [4.78, 5) is 4.17. The minimum absolute atomic E-state index is 0. The quantitative estimate of drug-likeness (QED) is 0.210. The van der Waals surface area contributed by atoms with Gasteiger partial charge >= 0.3 is 0 Å². The van der Waals surface area contributed by atoms with E-state index in [0.29, 0.717) is 19.8 Å². The second kappa shape index (κ2) is 19.9. The van der Waals surface area contributed by atoms with E-state index in [1.54, 1.807) is 7.05 Å². The average Bonchev–Trinajstić information content (AvgIpc) is 2.47. The van der Waals surface area contributed by atoms with Gasteiger partial charge in [-0.2, -0.15) is 0 Å². The lowest BCUT2D eigenvalue weighted by Crippen LogP contribution is -2.39. The van der Waals surface area contributed by atoms with Crippen molar-refractivity contribution in [3.63, 3.8) is 0 Å². The second-order valence-corrected chi connectivity index (χ2v) is 4.71. The number of nitrogens with one attached hydrogen (secondary N) is 2. The van der Waals surface area contributed by atoms with Crippen molar-refractivity contribution < 1.29 is 9.47 Å². The maximum atomic E-state index is 5.48. The predicted octanol–water partition coefficient (Wildman–Crippen LogP) is 2.79. The number of rotatable bonds is 13. The molecule has 0 radical (unpaired) electrons. The zero-order chi connectivity index (χ0) is 14.9. The van der Waals surface area contributed by atoms with Crippen molar-refractivity contribution in [2.24, 2.45) is 4.99 Å². The first-order valence-electron chi connectivity index (χ1n) is 7.95. The molecule has 5 nitrogen and oxygen atoms in total. The van der Waals surface area contributed by atoms with Crippen molar-refractivity contribution >= 4 is 29.9 Å². The van der Waals surface area contributed by atoms with Gasteiger partial charge in [-0.05, 0) is 12.8 Å². The third-order valence-corrected chi connectivity index (χ3v) is 2.85. The molecule has 0 aliphatic rings. The minimum Gasteiger partial charge on any atom is -0.379 e. The van der Waals surface area contributed by atoms with Crippen LogP contribution in [0, 0.1) is 0 Å². The van der Waals surface area contributed by atoms with Gasteiger partial charge in [-0.15, -0.1) is 24.0 Å². The van der Waals surface area contributed by atoms with Gasteiger partial charge in [0.05, 0.1) is 19.8 Å². The Bertz CT molecular complexity index is 229. The Kier molecular flexibility index (Phi) is 22.0. The highest BCUT2D eigenvalue weighted by Crippen LogP contribution is 1.90. The summed E-state index contributed by atoms with van der Waals surface area (Å²) in [6, 6.07) is 0. The van der Waals surface area contributed by atoms with Crippen molar-refractivity contribution in [1.82, 2.24) is 10.6 Å². The molecule has 0 amide bonds. The van der Waals surface area contributed by atoms with Crippen LogP contribution in [0.25, 0.3) is 0 Å². The summed E-state index contributed by atoms with van der Waals surface area (Å²) in [5.41, 5.74) is 0. The zero-order valence-electron chi connectivity index (χ0n) is 14.0. The summed E-state index contributed by atoms with van der Waals surface area (Å²) < 4.78 is 10.9. The SMILES string of the molecule is CCCCCNC(=NC)NCCOCCOCCCC.I. The van der Waals surface area contributed by atoms with Crippen LogP contribution in [-0.4, -0.2) is 52.5 Å². The van der Waals surface area contributed by atoms with Gasteiger partial charge in [0.15, 0.2) is 5.96 Å². The molecule has 0 aliphatic heterocycles. The number of halogens is 1. The molecule has 128 valence electrons. The molecule has 0 saturated carbocycles. The molecular formula is C15H34IN3O2. The molecule has 0 rings (SSSR count). The number of hydrogen-bond donors (Lipinski definition) is 2. The summed E-state index contributed by atoms with van der Waals surface area (Å²) in [5, 5.41) is 6.52. The van der Waals surface area contributed by atoms with Gasteiger partial charge in [0.2, 0.25) is 0 Å². The van der Waals surface area contributed by atoms with E-state index in [1.165, 1.54) is 25.7 Å². The Morgan fingerprint density at radius 3 is 2.05 bits per heavy atom. The molecule has 21 heavy (non-hydrogen) atoms. The number of ether oxygens (including phenoxy) is 2. The van der Waals surface area contributed by atoms with Gasteiger partial charge in [-0.25, -0.2) is 0 Å². The van der Waals surface area contributed by atoms with Crippen molar-refractivity contribution in [2.45, 2.75) is 46.0 Å². The van der Waals surface area contributed by atoms with E-state index in [4.69, 9.17) is 9.47 Å². The number of nitrogens with zero attached hydrogens (tertiary/aromatic N) is 1. The maximum Gasteiger partial charge on any atom is 0.191 e. The molecule has 0 spiro atoms. The third kappa shape index (κ3) is 17.9. The Morgan fingerprint density at radius 2 is 1.43 bits per heavy atom. The molecule has 0 heterocycles. The lowest BCUT2D eigenvalue weighted by atomic mass is 10.2. The molecule has 0 bridgehead atoms. The van der Waals surface area contributed by atoms with Crippen LogP contribution in [0.2, 0.25) is 0 Å². The van der Waals surface area contributed by atoms with E-state index in [2.05, 4.69) is 29.5 Å². The number of unbranched alkanes of at least 4 members (excludes halogenated alkanes) is 3. The van der Waals surface area contributed by atoms with Crippen LogP contribution < -0.4 is 10.6 Å². The standard InChI is InChI=1S/C15H33N3O2.HI/c1-4-6-8-9-17-15(16-3)18-10-12-20-14-13-19-11-7-5-2;/h4-14H2,1-3H3,(H2,16,17,18);1H. The van der Waals surface area contributed by atoms with Gasteiger partial charge in [0.25, 0.3) is 0 Å². The minimum atomic E-state index is 0. The van der Waals surface area contributed by atoms with Crippen molar-refractivity contribution in [1.29, 1.82) is 0 Å². The fraction of sp³-hybridized carbons (Fsp3) is 0.933. The second-order valence-electron chi connectivity index (χ2n) is 4.71. The molecule has 6 heteroatoms. The van der Waals surface area contributed by atoms with E-state index in [0.717, 1.165) is 32.1 Å². The molecule has 0 aliphatic carbocycles. The molecule has 0 aromatic rings. The third-order valence-electron chi connectivity index (χ3n) is 2.85. The van der Waals surface area contributed by atoms with Gasteiger partial charge < -0.3 is 20.1 Å². The van der Waals surface area contributed by atoms with Gasteiger partial charge in [0.1, 0.15) is 0 Å². The molecule has 0 atom stereocenters. The van der Waals surface area contributed by atoms with E-state index in [1.807, 2.05) is 0 Å². The topological polar surface area (TPSA) is 54.9 Å². The molecule has 0 saturated heterocycles. The Labute approximate surface area is 147 Å². The Balaban J connectivity index is 0. The fourth-order valence-electron chi connectivity index (χ4n) is 1.61. The normalized spacial score (nSPS) is 11.1. The smallest absolute Gasteiger partial charge is 0.191 e. The molecule has 0 fully saturated rings. The maximum absolute atomic E-state index is 5.48. The van der Waals surface area contributed by atoms with Crippen molar-refractivity contribution in [3.8, 4) is 0 Å². The van der Waals surface area contributed by atoms with Gasteiger partial charge in [-0.1, -0.05) is 33.1 Å². The van der Waals surface area contributed by atoms with Crippen LogP contribution in [-0.2, 0) is 9.47 Å². The van der Waals surface area contributed by atoms with Crippen LogP contribution in [0.5, 0.6) is 0 Å². The summed E-state index contributed by atoms with van der Waals surface area (Å²) in [5.74, 6) is 0.851. The molecule has 0 aromatic carbocycles. The molecule has 2 N–H and O–H groups in total. The first-order chi connectivity index (χ1) is 9.85. The first kappa shape index (κ1) is 23.2. The summed E-state index contributed by atoms with van der Waals surface area (Å²) in [7, 11) is 1.79. The largest absolute Gasteiger partial charge is 0.379 e. The van der Waals surface area contributed by atoms with Crippen LogP contribution in [0.15, 0.2) is 4.99 Å². The Morgan fingerprint density at radius 1 is 0.810 bits per heavy atom. The van der Waals surface area contributed by atoms with E-state index in [-0.39, 0.29) is 24.0 Å². The summed E-state index contributed by atoms with van der Waals surface area (Å²) >= 11 is 0. The monoisotopic (exact) mass is 415 g/mol. The molecule has 0 aromatic heterocycles. The fourth-order valence-corrected chi connectivity index (χ4v) is 1.61. The summed E-state index contributed by atoms with van der Waals surface area (Å²) in [6.45, 7) is 8.96. The lowest BCUT2D eigenvalue weighted by Gasteiger charge is -2.12. The van der Waals surface area contributed by atoms with Gasteiger partial charge in [0, 0.05) is 26.7 Å². The van der Waals surface area contributed by atoms with E-state index >= 15 is 0 Å². The highest BCUT2D eigenvalue weighted by Gasteiger charge is 1.96. The summed E-state index contributed by atoms with van der Waals surface area (Å²) in [6.07, 6.45) is 5.98. The first-order valence-corrected chi connectivity index (χ1v) is 7.95. The van der Waals surface area contributed by atoms with Crippen LogP contribution in [0.3, 0.4) is 0 Å². The van der Waals surface area contributed by atoms with Crippen molar-refractivity contribution in [2.75, 3.05) is 46.6 Å². The zero-order valence-corrected chi connectivity index (χ0v) is 16.3. The van der Waals surface area contributed by atoms with Crippen LogP contribution in [0.4, 0.5) is 0 Å². The molecule has 0 unspecified atom stereocenters. The Hall–Kier alpha value is -0.0800. The average molecular weight is 415 g/mol. The highest BCUT2D eigenvalue weighted by atomic mass is 127. The predicted molar refractivity (Wildman–Crippen MR) is 101 cm³/mol. The van der Waals surface area contributed by atoms with E-state index in [9.17, 15) is 0 Å². The van der Waals surface area contributed by atoms with Crippen LogP contribution >= 0.6 is 24.0 Å².